The van der Waals surface area contributed by atoms with Crippen LogP contribution in [0.4, 0.5) is 13.2 Å². The minimum absolute atomic E-state index is 0.0702. The summed E-state index contributed by atoms with van der Waals surface area (Å²) in [5.41, 5.74) is -0.257. The van der Waals surface area contributed by atoms with E-state index in [2.05, 4.69) is 26.9 Å². The van der Waals surface area contributed by atoms with Gasteiger partial charge in [-0.05, 0) is 29.8 Å². The van der Waals surface area contributed by atoms with Gasteiger partial charge in [0, 0.05) is 11.3 Å². The highest BCUT2D eigenvalue weighted by molar-refractivity contribution is 8.00. The monoisotopic (exact) mass is 475 g/mol. The van der Waals surface area contributed by atoms with Crippen LogP contribution < -0.4 is 15.4 Å². The number of nitrogens with zero attached hydrogens (tertiary/aromatic N) is 1. The molecule has 14 heteroatoms. The molecule has 1 heterocycles. The fourth-order valence-corrected chi connectivity index (χ4v) is 3.50. The highest BCUT2D eigenvalue weighted by Crippen LogP contribution is 2.26. The van der Waals surface area contributed by atoms with Crippen molar-refractivity contribution in [1.29, 1.82) is 0 Å². The van der Waals surface area contributed by atoms with Crippen LogP contribution in [0.15, 0.2) is 41.4 Å². The molecule has 0 aliphatic carbocycles. The SMILES string of the molecule is C=C1CS[C@@H]([C@@H](NC(=O)CNC(=O)c2ccc(OC(F)(F)F)cc2)C(=O)O)N=C1C(=O)O. The Bertz CT molecular complexity index is 964. The fourth-order valence-electron chi connectivity index (χ4n) is 2.44. The number of hydrogen-bond acceptors (Lipinski definition) is 7. The first kappa shape index (κ1) is 24.7. The number of carbonyl (C=O) groups is 4. The number of carbonyl (C=O) groups excluding carboxylic acids is 2. The van der Waals surface area contributed by atoms with Gasteiger partial charge in [0.2, 0.25) is 5.91 Å². The number of rotatable bonds is 8. The first-order valence-electron chi connectivity index (χ1n) is 8.64. The lowest BCUT2D eigenvalue weighted by molar-refractivity contribution is -0.274. The van der Waals surface area contributed by atoms with Crippen molar-refractivity contribution >= 4 is 41.2 Å². The van der Waals surface area contributed by atoms with Gasteiger partial charge in [0.15, 0.2) is 6.04 Å². The second kappa shape index (κ2) is 10.2. The van der Waals surface area contributed by atoms with E-state index in [-0.39, 0.29) is 22.6 Å². The molecule has 32 heavy (non-hydrogen) atoms. The highest BCUT2D eigenvalue weighted by Gasteiger charge is 2.34. The number of aliphatic imine (C=N–C) groups is 1. The summed E-state index contributed by atoms with van der Waals surface area (Å²) in [5, 5.41) is 21.7. The summed E-state index contributed by atoms with van der Waals surface area (Å²) in [6.45, 7) is 2.89. The molecule has 1 aliphatic rings. The predicted molar refractivity (Wildman–Crippen MR) is 105 cm³/mol. The maximum atomic E-state index is 12.2. The largest absolute Gasteiger partial charge is 0.573 e. The van der Waals surface area contributed by atoms with E-state index in [1.165, 1.54) is 0 Å². The van der Waals surface area contributed by atoms with E-state index in [1.54, 1.807) is 0 Å². The van der Waals surface area contributed by atoms with E-state index < -0.39 is 53.8 Å². The minimum atomic E-state index is -4.89. The van der Waals surface area contributed by atoms with Crippen LogP contribution in [0.1, 0.15) is 10.4 Å². The molecule has 0 aromatic heterocycles. The number of carboxylic acids is 2. The van der Waals surface area contributed by atoms with Gasteiger partial charge < -0.3 is 25.6 Å². The van der Waals surface area contributed by atoms with E-state index in [9.17, 15) is 37.5 Å². The quantitative estimate of drug-likeness (QED) is 0.435. The molecule has 0 bridgehead atoms. The molecule has 10 nitrogen and oxygen atoms in total. The minimum Gasteiger partial charge on any atom is -0.480 e. The van der Waals surface area contributed by atoms with Crippen LogP contribution >= 0.6 is 11.8 Å². The van der Waals surface area contributed by atoms with E-state index in [1.807, 2.05) is 0 Å². The normalized spacial score (nSPS) is 17.0. The van der Waals surface area contributed by atoms with E-state index in [0.29, 0.717) is 0 Å². The van der Waals surface area contributed by atoms with Crippen molar-refractivity contribution in [2.75, 3.05) is 12.3 Å². The summed E-state index contributed by atoms with van der Waals surface area (Å²) < 4.78 is 40.1. The number of hydrogen-bond donors (Lipinski definition) is 4. The lowest BCUT2D eigenvalue weighted by Gasteiger charge is -2.25. The number of nitrogens with one attached hydrogen (secondary N) is 2. The van der Waals surface area contributed by atoms with Gasteiger partial charge in [0.1, 0.15) is 16.8 Å². The van der Waals surface area contributed by atoms with Crippen molar-refractivity contribution in [2.45, 2.75) is 17.8 Å². The summed E-state index contributed by atoms with van der Waals surface area (Å²) in [7, 11) is 0. The third-order valence-corrected chi connectivity index (χ3v) is 5.08. The third-order valence-electron chi connectivity index (χ3n) is 3.85. The Hall–Kier alpha value is -3.55. The van der Waals surface area contributed by atoms with Gasteiger partial charge in [0.25, 0.3) is 5.91 Å². The maximum Gasteiger partial charge on any atom is 0.573 e. The summed E-state index contributed by atoms with van der Waals surface area (Å²) in [6.07, 6.45) is -4.89. The van der Waals surface area contributed by atoms with Crippen LogP contribution in [0.25, 0.3) is 0 Å². The second-order valence-corrected chi connectivity index (χ2v) is 7.33. The molecule has 1 aromatic rings. The molecule has 0 fully saturated rings. The average Bonchev–Trinajstić information content (AvgIpc) is 2.69. The number of halogens is 3. The first-order chi connectivity index (χ1) is 14.9. The van der Waals surface area contributed by atoms with Gasteiger partial charge in [-0.3, -0.25) is 14.6 Å². The molecular formula is C18H16F3N3O7S. The van der Waals surface area contributed by atoms with Crippen molar-refractivity contribution in [3.63, 3.8) is 0 Å². The van der Waals surface area contributed by atoms with Gasteiger partial charge in [-0.15, -0.1) is 24.9 Å². The molecule has 0 unspecified atom stereocenters. The summed E-state index contributed by atoms with van der Waals surface area (Å²) in [5.74, 6) is -5.00. The summed E-state index contributed by atoms with van der Waals surface area (Å²) in [4.78, 5) is 50.7. The number of ether oxygens (including phenoxy) is 1. The molecule has 0 radical (unpaired) electrons. The average molecular weight is 475 g/mol. The molecule has 0 saturated carbocycles. The summed E-state index contributed by atoms with van der Waals surface area (Å²) in [6, 6.07) is 2.33. The smallest absolute Gasteiger partial charge is 0.480 e. The van der Waals surface area contributed by atoms with Crippen molar-refractivity contribution in [2.24, 2.45) is 4.99 Å². The Labute approximate surface area is 182 Å². The predicted octanol–water partition coefficient (Wildman–Crippen LogP) is 1.04. The van der Waals surface area contributed by atoms with Gasteiger partial charge in [-0.2, -0.15) is 0 Å². The number of thioether (sulfide) groups is 1. The third kappa shape index (κ3) is 7.01. The topological polar surface area (TPSA) is 154 Å². The highest BCUT2D eigenvalue weighted by atomic mass is 32.2. The molecule has 172 valence electrons. The number of amides is 2. The van der Waals surface area contributed by atoms with Crippen molar-refractivity contribution < 1.29 is 47.3 Å². The van der Waals surface area contributed by atoms with E-state index >= 15 is 0 Å². The van der Waals surface area contributed by atoms with E-state index in [4.69, 9.17) is 5.11 Å². The zero-order chi connectivity index (χ0) is 24.1. The number of carboxylic acid groups (broad SMARTS) is 2. The molecule has 2 amide bonds. The molecule has 2 atom stereocenters. The number of benzene rings is 1. The van der Waals surface area contributed by atoms with Crippen molar-refractivity contribution in [1.82, 2.24) is 10.6 Å². The molecular weight excluding hydrogens is 459 g/mol. The Morgan fingerprint density at radius 1 is 1.22 bits per heavy atom. The molecule has 0 saturated heterocycles. The molecule has 1 aromatic carbocycles. The van der Waals surface area contributed by atoms with Crippen LogP contribution in [0.2, 0.25) is 0 Å². The lowest BCUT2D eigenvalue weighted by Crippen LogP contribution is -2.51. The van der Waals surface area contributed by atoms with Crippen LogP contribution in [0.5, 0.6) is 5.75 Å². The maximum absolute atomic E-state index is 12.2. The van der Waals surface area contributed by atoms with Gasteiger partial charge in [0.05, 0.1) is 6.54 Å². The fraction of sp³-hybridized carbons (Fsp3) is 0.278. The Morgan fingerprint density at radius 2 is 1.84 bits per heavy atom. The van der Waals surface area contributed by atoms with Gasteiger partial charge in [-0.25, -0.2) is 9.59 Å². The Kier molecular flexibility index (Phi) is 7.86. The van der Waals surface area contributed by atoms with Crippen molar-refractivity contribution in [3.8, 4) is 5.75 Å². The summed E-state index contributed by atoms with van der Waals surface area (Å²) >= 11 is 0.972. The van der Waals surface area contributed by atoms with Gasteiger partial charge >= 0.3 is 18.3 Å². The van der Waals surface area contributed by atoms with E-state index in [0.717, 1.165) is 36.0 Å². The number of aliphatic carboxylic acids is 2. The molecule has 2 rings (SSSR count). The molecule has 0 spiro atoms. The second-order valence-electron chi connectivity index (χ2n) is 6.23. The number of alkyl halides is 3. The van der Waals surface area contributed by atoms with Crippen LogP contribution in [-0.4, -0.2) is 69.8 Å². The Balaban J connectivity index is 1.96. The lowest BCUT2D eigenvalue weighted by atomic mass is 10.2. The van der Waals surface area contributed by atoms with Crippen LogP contribution in [0.3, 0.4) is 0 Å². The van der Waals surface area contributed by atoms with Gasteiger partial charge in [-0.1, -0.05) is 6.58 Å². The molecule has 1 aliphatic heterocycles. The zero-order valence-electron chi connectivity index (χ0n) is 16.0. The zero-order valence-corrected chi connectivity index (χ0v) is 16.8. The van der Waals surface area contributed by atoms with Crippen LogP contribution in [0, 0.1) is 0 Å². The Morgan fingerprint density at radius 3 is 2.38 bits per heavy atom. The van der Waals surface area contributed by atoms with Crippen molar-refractivity contribution in [3.05, 3.63) is 42.0 Å². The standard InChI is InChI=1S/C18H16F3N3O7S/c1-8-7-32-15(24-12(8)16(27)28)13(17(29)30)23-11(25)6-22-14(26)9-2-4-10(5-3-9)31-18(19,20)21/h2-5,13,15H,1,6-7H2,(H,22,26)(H,23,25)(H,27,28)(H,29,30)/t13-,15+/m1/s1. The first-order valence-corrected chi connectivity index (χ1v) is 9.69. The van der Waals surface area contributed by atoms with Crippen LogP contribution in [-0.2, 0) is 14.4 Å². The molecule has 4 N–H and O–H groups in total.